The highest BCUT2D eigenvalue weighted by atomic mass is 16.5. The van der Waals surface area contributed by atoms with Crippen molar-refractivity contribution in [2.24, 2.45) is 5.73 Å². The Morgan fingerprint density at radius 3 is 3.00 bits per heavy atom. The molecule has 3 N–H and O–H groups in total. The van der Waals surface area contributed by atoms with Gasteiger partial charge in [0.15, 0.2) is 0 Å². The maximum atomic E-state index is 5.67. The predicted molar refractivity (Wildman–Crippen MR) is 61.6 cm³/mol. The second-order valence-corrected chi connectivity index (χ2v) is 3.15. The number of terminal acetylenes is 1. The molecule has 1 atom stereocenters. The van der Waals surface area contributed by atoms with Crippen molar-refractivity contribution in [1.82, 2.24) is 5.32 Å². The summed E-state index contributed by atoms with van der Waals surface area (Å²) in [6.07, 6.45) is 5.19. The Hall–Kier alpha value is -1.50. The van der Waals surface area contributed by atoms with Crippen molar-refractivity contribution in [2.75, 3.05) is 20.2 Å². The van der Waals surface area contributed by atoms with Gasteiger partial charge in [0.2, 0.25) is 0 Å². The molecular weight excluding hydrogens is 188 g/mol. The van der Waals surface area contributed by atoms with Crippen molar-refractivity contribution >= 4 is 0 Å². The molecule has 0 aliphatic carbocycles. The largest absolute Gasteiger partial charge is 0.497 e. The first-order valence-electron chi connectivity index (χ1n) is 4.82. The first kappa shape index (κ1) is 11.6. The molecule has 3 nitrogen and oxygen atoms in total. The van der Waals surface area contributed by atoms with Crippen molar-refractivity contribution in [1.29, 1.82) is 0 Å². The highest BCUT2D eigenvalue weighted by molar-refractivity contribution is 5.30. The number of benzene rings is 1. The van der Waals surface area contributed by atoms with E-state index in [9.17, 15) is 0 Å². The summed E-state index contributed by atoms with van der Waals surface area (Å²) in [5.41, 5.74) is 6.76. The summed E-state index contributed by atoms with van der Waals surface area (Å²) in [7, 11) is 1.64. The van der Waals surface area contributed by atoms with Crippen molar-refractivity contribution in [2.45, 2.75) is 6.04 Å². The lowest BCUT2D eigenvalue weighted by Crippen LogP contribution is -2.28. The molecule has 3 heteroatoms. The fourth-order valence-electron chi connectivity index (χ4n) is 1.38. The molecule has 0 saturated carbocycles. The van der Waals surface area contributed by atoms with Gasteiger partial charge in [-0.2, -0.15) is 0 Å². The lowest BCUT2D eigenvalue weighted by Gasteiger charge is -2.16. The van der Waals surface area contributed by atoms with Gasteiger partial charge in [-0.15, -0.1) is 6.42 Å². The van der Waals surface area contributed by atoms with E-state index in [0.29, 0.717) is 13.1 Å². The number of rotatable bonds is 5. The molecule has 0 aromatic heterocycles. The molecule has 1 aromatic carbocycles. The Morgan fingerprint density at radius 1 is 1.60 bits per heavy atom. The van der Waals surface area contributed by atoms with Gasteiger partial charge in [-0.05, 0) is 17.7 Å². The number of nitrogens with one attached hydrogen (secondary N) is 1. The van der Waals surface area contributed by atoms with Gasteiger partial charge >= 0.3 is 0 Å². The molecule has 0 bridgehead atoms. The van der Waals surface area contributed by atoms with Crippen LogP contribution >= 0.6 is 0 Å². The summed E-state index contributed by atoms with van der Waals surface area (Å²) in [5, 5.41) is 3.17. The minimum absolute atomic E-state index is 0.0798. The van der Waals surface area contributed by atoms with E-state index in [2.05, 4.69) is 11.2 Å². The van der Waals surface area contributed by atoms with Crippen LogP contribution in [0.4, 0.5) is 0 Å². The third-order valence-electron chi connectivity index (χ3n) is 2.18. The van der Waals surface area contributed by atoms with Crippen molar-refractivity contribution in [3.63, 3.8) is 0 Å². The SMILES string of the molecule is C#CCNC(CN)c1cccc(OC)c1. The van der Waals surface area contributed by atoms with E-state index >= 15 is 0 Å². The normalized spacial score (nSPS) is 11.8. The van der Waals surface area contributed by atoms with E-state index in [1.807, 2.05) is 24.3 Å². The number of nitrogens with two attached hydrogens (primary N) is 1. The standard InChI is InChI=1S/C12H16N2O/c1-3-7-14-12(9-13)10-5-4-6-11(8-10)15-2/h1,4-6,8,12,14H,7,9,13H2,2H3. The maximum absolute atomic E-state index is 5.67. The molecule has 0 aliphatic heterocycles. The number of hydrogen-bond donors (Lipinski definition) is 2. The molecule has 0 saturated heterocycles. The number of hydrogen-bond acceptors (Lipinski definition) is 3. The van der Waals surface area contributed by atoms with Crippen LogP contribution in [0.25, 0.3) is 0 Å². The van der Waals surface area contributed by atoms with E-state index in [-0.39, 0.29) is 6.04 Å². The molecule has 0 heterocycles. The first-order valence-corrected chi connectivity index (χ1v) is 4.82. The lowest BCUT2D eigenvalue weighted by atomic mass is 10.1. The van der Waals surface area contributed by atoms with Gasteiger partial charge in [0.25, 0.3) is 0 Å². The van der Waals surface area contributed by atoms with E-state index in [1.54, 1.807) is 7.11 Å². The minimum atomic E-state index is 0.0798. The third-order valence-corrected chi connectivity index (χ3v) is 2.18. The Bertz CT molecular complexity index is 344. The predicted octanol–water partition coefficient (Wildman–Crippen LogP) is 0.918. The van der Waals surface area contributed by atoms with Crippen LogP contribution in [0, 0.1) is 12.3 Å². The van der Waals surface area contributed by atoms with Crippen LogP contribution in [-0.4, -0.2) is 20.2 Å². The highest BCUT2D eigenvalue weighted by Gasteiger charge is 2.08. The van der Waals surface area contributed by atoms with Crippen LogP contribution in [0.15, 0.2) is 24.3 Å². The summed E-state index contributed by atoms with van der Waals surface area (Å²) >= 11 is 0. The van der Waals surface area contributed by atoms with Gasteiger partial charge in [0.1, 0.15) is 5.75 Å². The topological polar surface area (TPSA) is 47.3 Å². The van der Waals surface area contributed by atoms with E-state index < -0.39 is 0 Å². The quantitative estimate of drug-likeness (QED) is 0.701. The molecule has 0 radical (unpaired) electrons. The average Bonchev–Trinajstić information content (AvgIpc) is 2.30. The van der Waals surface area contributed by atoms with Crippen LogP contribution in [0.3, 0.4) is 0 Å². The molecule has 0 amide bonds. The molecule has 1 aromatic rings. The van der Waals surface area contributed by atoms with E-state index in [4.69, 9.17) is 16.9 Å². The molecule has 15 heavy (non-hydrogen) atoms. The first-order chi connectivity index (χ1) is 7.31. The molecule has 80 valence electrons. The van der Waals surface area contributed by atoms with Gasteiger partial charge in [-0.25, -0.2) is 0 Å². The lowest BCUT2D eigenvalue weighted by molar-refractivity contribution is 0.413. The van der Waals surface area contributed by atoms with Gasteiger partial charge in [-0.1, -0.05) is 18.1 Å². The Kier molecular flexibility index (Phi) is 4.69. The number of ether oxygens (including phenoxy) is 1. The fourth-order valence-corrected chi connectivity index (χ4v) is 1.38. The van der Waals surface area contributed by atoms with Crippen LogP contribution in [0.5, 0.6) is 5.75 Å². The zero-order valence-electron chi connectivity index (χ0n) is 8.86. The second-order valence-electron chi connectivity index (χ2n) is 3.15. The summed E-state index contributed by atoms with van der Waals surface area (Å²) in [6.45, 7) is 1.02. The van der Waals surface area contributed by atoms with Crippen LogP contribution in [0.2, 0.25) is 0 Å². The molecule has 0 aliphatic rings. The summed E-state index contributed by atoms with van der Waals surface area (Å²) < 4.78 is 5.15. The van der Waals surface area contributed by atoms with E-state index in [0.717, 1.165) is 11.3 Å². The highest BCUT2D eigenvalue weighted by Crippen LogP contribution is 2.18. The zero-order valence-corrected chi connectivity index (χ0v) is 8.86. The summed E-state index contributed by atoms with van der Waals surface area (Å²) in [5.74, 6) is 3.36. The molecular formula is C12H16N2O. The zero-order chi connectivity index (χ0) is 11.1. The van der Waals surface area contributed by atoms with E-state index in [1.165, 1.54) is 0 Å². The minimum Gasteiger partial charge on any atom is -0.497 e. The fraction of sp³-hybridized carbons (Fsp3) is 0.333. The van der Waals surface area contributed by atoms with Crippen LogP contribution in [-0.2, 0) is 0 Å². The van der Waals surface area contributed by atoms with Gasteiger partial charge in [-0.3, -0.25) is 5.32 Å². The molecule has 1 rings (SSSR count). The van der Waals surface area contributed by atoms with Crippen LogP contribution < -0.4 is 15.8 Å². The Labute approximate surface area is 90.6 Å². The van der Waals surface area contributed by atoms with Crippen molar-refractivity contribution in [3.8, 4) is 18.1 Å². The van der Waals surface area contributed by atoms with Gasteiger partial charge in [0, 0.05) is 12.6 Å². The van der Waals surface area contributed by atoms with Crippen LogP contribution in [0.1, 0.15) is 11.6 Å². The van der Waals surface area contributed by atoms with Gasteiger partial charge < -0.3 is 10.5 Å². The van der Waals surface area contributed by atoms with Gasteiger partial charge in [0.05, 0.1) is 13.7 Å². The van der Waals surface area contributed by atoms with Crippen molar-refractivity contribution < 1.29 is 4.74 Å². The Morgan fingerprint density at radius 2 is 2.40 bits per heavy atom. The summed E-state index contributed by atoms with van der Waals surface area (Å²) in [4.78, 5) is 0. The monoisotopic (exact) mass is 204 g/mol. The molecule has 1 unspecified atom stereocenters. The van der Waals surface area contributed by atoms with Crippen molar-refractivity contribution in [3.05, 3.63) is 29.8 Å². The molecule has 0 spiro atoms. The Balaban J connectivity index is 2.77. The smallest absolute Gasteiger partial charge is 0.119 e. The average molecular weight is 204 g/mol. The summed E-state index contributed by atoms with van der Waals surface area (Å²) in [6, 6.07) is 7.88. The second kappa shape index (κ2) is 6.07. The molecule has 0 fully saturated rings. The maximum Gasteiger partial charge on any atom is 0.119 e. The number of methoxy groups -OCH3 is 1. The third kappa shape index (κ3) is 3.28.